The van der Waals surface area contributed by atoms with Gasteiger partial charge in [0.05, 0.1) is 0 Å². The summed E-state index contributed by atoms with van der Waals surface area (Å²) in [4.78, 5) is 7.61. The van der Waals surface area contributed by atoms with Crippen molar-refractivity contribution in [3.05, 3.63) is 6.07 Å². The van der Waals surface area contributed by atoms with Crippen molar-refractivity contribution >= 4 is 11.8 Å². The molecule has 74 valence electrons. The molecule has 5 N–H and O–H groups in total. The summed E-state index contributed by atoms with van der Waals surface area (Å²) >= 11 is 0. The van der Waals surface area contributed by atoms with Crippen molar-refractivity contribution in [1.82, 2.24) is 9.97 Å². The summed E-state index contributed by atoms with van der Waals surface area (Å²) in [6.45, 7) is 1.72. The van der Waals surface area contributed by atoms with Crippen molar-refractivity contribution < 1.29 is 4.74 Å². The highest BCUT2D eigenvalue weighted by Gasteiger charge is 2.04. The first-order valence-corrected chi connectivity index (χ1v) is 3.89. The SMILES string of the molecule is C#CC(C)Oc1cc(NN)nc(N)n1. The molecule has 1 atom stereocenters. The van der Waals surface area contributed by atoms with Gasteiger partial charge >= 0.3 is 0 Å². The Kier molecular flexibility index (Phi) is 3.09. The van der Waals surface area contributed by atoms with Gasteiger partial charge in [0.2, 0.25) is 11.8 Å². The highest BCUT2D eigenvalue weighted by atomic mass is 16.5. The van der Waals surface area contributed by atoms with Crippen molar-refractivity contribution in [3.63, 3.8) is 0 Å². The van der Waals surface area contributed by atoms with Gasteiger partial charge in [-0.25, -0.2) is 5.84 Å². The number of nitrogens with zero attached hydrogens (tertiary/aromatic N) is 2. The van der Waals surface area contributed by atoms with Gasteiger partial charge in [-0.2, -0.15) is 9.97 Å². The van der Waals surface area contributed by atoms with E-state index in [9.17, 15) is 0 Å². The summed E-state index contributed by atoms with van der Waals surface area (Å²) < 4.78 is 5.22. The number of hydrogen-bond acceptors (Lipinski definition) is 6. The van der Waals surface area contributed by atoms with Crippen LogP contribution in [0.4, 0.5) is 11.8 Å². The van der Waals surface area contributed by atoms with Crippen LogP contribution in [-0.2, 0) is 0 Å². The fraction of sp³-hybridized carbons (Fsp3) is 0.250. The lowest BCUT2D eigenvalue weighted by Gasteiger charge is -2.09. The van der Waals surface area contributed by atoms with Gasteiger partial charge in [0, 0.05) is 6.07 Å². The van der Waals surface area contributed by atoms with Crippen molar-refractivity contribution in [2.75, 3.05) is 11.2 Å². The summed E-state index contributed by atoms with van der Waals surface area (Å²) in [7, 11) is 0. The Morgan fingerprint density at radius 1 is 1.64 bits per heavy atom. The summed E-state index contributed by atoms with van der Waals surface area (Å²) in [5.41, 5.74) is 7.74. The zero-order chi connectivity index (χ0) is 10.6. The zero-order valence-electron chi connectivity index (χ0n) is 7.69. The molecule has 1 rings (SSSR count). The molecular formula is C8H11N5O. The molecule has 0 aliphatic carbocycles. The Hall–Kier alpha value is -2.00. The number of nitrogens with one attached hydrogen (secondary N) is 1. The molecule has 0 amide bonds. The molecule has 1 aromatic rings. The molecule has 1 unspecified atom stereocenters. The lowest BCUT2D eigenvalue weighted by atomic mass is 10.4. The second-order valence-electron chi connectivity index (χ2n) is 2.52. The van der Waals surface area contributed by atoms with Crippen LogP contribution in [0.1, 0.15) is 6.92 Å². The van der Waals surface area contributed by atoms with Crippen LogP contribution in [-0.4, -0.2) is 16.1 Å². The first-order valence-electron chi connectivity index (χ1n) is 3.89. The van der Waals surface area contributed by atoms with Crippen LogP contribution in [0.5, 0.6) is 5.88 Å². The van der Waals surface area contributed by atoms with E-state index in [0.717, 1.165) is 0 Å². The number of hydrogen-bond donors (Lipinski definition) is 3. The maximum Gasteiger partial charge on any atom is 0.225 e. The molecule has 14 heavy (non-hydrogen) atoms. The van der Waals surface area contributed by atoms with Gasteiger partial charge in [-0.15, -0.1) is 6.42 Å². The van der Waals surface area contributed by atoms with E-state index in [0.29, 0.717) is 5.82 Å². The Balaban J connectivity index is 2.87. The number of aromatic nitrogens is 2. The minimum Gasteiger partial charge on any atom is -0.461 e. The predicted molar refractivity (Wildman–Crippen MR) is 53.2 cm³/mol. The Bertz CT molecular complexity index is 359. The molecule has 0 saturated heterocycles. The third kappa shape index (κ3) is 2.50. The topological polar surface area (TPSA) is 99.1 Å². The lowest BCUT2D eigenvalue weighted by molar-refractivity contribution is 0.268. The fourth-order valence-electron chi connectivity index (χ4n) is 0.792. The third-order valence-electron chi connectivity index (χ3n) is 1.40. The zero-order valence-corrected chi connectivity index (χ0v) is 7.69. The molecule has 1 heterocycles. The van der Waals surface area contributed by atoms with Gasteiger partial charge in [0.25, 0.3) is 0 Å². The molecule has 0 aliphatic heterocycles. The average molecular weight is 193 g/mol. The average Bonchev–Trinajstić information content (AvgIpc) is 2.16. The largest absolute Gasteiger partial charge is 0.461 e. The summed E-state index contributed by atoms with van der Waals surface area (Å²) in [5, 5.41) is 0. The minimum absolute atomic E-state index is 0.0691. The van der Waals surface area contributed by atoms with E-state index in [1.807, 2.05) is 0 Å². The molecule has 0 fully saturated rings. The van der Waals surface area contributed by atoms with Crippen LogP contribution in [0.2, 0.25) is 0 Å². The van der Waals surface area contributed by atoms with Crippen LogP contribution < -0.4 is 21.7 Å². The first-order chi connectivity index (χ1) is 6.65. The van der Waals surface area contributed by atoms with Crippen LogP contribution in [0.3, 0.4) is 0 Å². The van der Waals surface area contributed by atoms with Crippen LogP contribution in [0, 0.1) is 12.3 Å². The summed E-state index contributed by atoms with van der Waals surface area (Å²) in [6.07, 6.45) is 4.76. The van der Waals surface area contributed by atoms with Crippen molar-refractivity contribution in [2.45, 2.75) is 13.0 Å². The molecule has 6 heteroatoms. The van der Waals surface area contributed by atoms with E-state index < -0.39 is 0 Å². The molecule has 0 saturated carbocycles. The van der Waals surface area contributed by atoms with E-state index in [2.05, 4.69) is 21.3 Å². The number of rotatable bonds is 3. The Labute approximate surface area is 81.6 Å². The van der Waals surface area contributed by atoms with Crippen LogP contribution >= 0.6 is 0 Å². The van der Waals surface area contributed by atoms with E-state index in [1.54, 1.807) is 6.92 Å². The van der Waals surface area contributed by atoms with Crippen molar-refractivity contribution in [1.29, 1.82) is 0 Å². The molecule has 6 nitrogen and oxygen atoms in total. The quantitative estimate of drug-likeness (QED) is 0.347. The van der Waals surface area contributed by atoms with Gasteiger partial charge in [0.15, 0.2) is 6.10 Å². The number of nitrogen functional groups attached to an aromatic ring is 2. The number of ether oxygens (including phenoxy) is 1. The Morgan fingerprint density at radius 3 is 2.93 bits per heavy atom. The molecule has 0 radical (unpaired) electrons. The molecule has 0 spiro atoms. The molecule has 1 aromatic heterocycles. The predicted octanol–water partition coefficient (Wildman–Crippen LogP) is -0.255. The van der Waals surface area contributed by atoms with Gasteiger partial charge in [-0.1, -0.05) is 5.92 Å². The smallest absolute Gasteiger partial charge is 0.225 e. The second-order valence-corrected chi connectivity index (χ2v) is 2.52. The molecule has 0 aromatic carbocycles. The minimum atomic E-state index is -0.380. The van der Waals surface area contributed by atoms with E-state index in [1.165, 1.54) is 6.07 Å². The number of hydrazine groups is 1. The Morgan fingerprint density at radius 2 is 2.36 bits per heavy atom. The second kappa shape index (κ2) is 4.30. The highest BCUT2D eigenvalue weighted by molar-refractivity contribution is 5.41. The van der Waals surface area contributed by atoms with Crippen LogP contribution in [0.15, 0.2) is 6.07 Å². The molecular weight excluding hydrogens is 182 g/mol. The van der Waals surface area contributed by atoms with Gasteiger partial charge in [0.1, 0.15) is 5.82 Å². The molecule has 0 bridgehead atoms. The highest BCUT2D eigenvalue weighted by Crippen LogP contribution is 2.14. The fourth-order valence-corrected chi connectivity index (χ4v) is 0.792. The van der Waals surface area contributed by atoms with Crippen molar-refractivity contribution in [3.8, 4) is 18.2 Å². The summed E-state index contributed by atoms with van der Waals surface area (Å²) in [5.74, 6) is 8.28. The maximum absolute atomic E-state index is 5.40. The molecule has 0 aliphatic rings. The van der Waals surface area contributed by atoms with Crippen molar-refractivity contribution in [2.24, 2.45) is 5.84 Å². The monoisotopic (exact) mass is 193 g/mol. The normalized spacial score (nSPS) is 11.5. The third-order valence-corrected chi connectivity index (χ3v) is 1.40. The van der Waals surface area contributed by atoms with Gasteiger partial charge < -0.3 is 15.9 Å². The van der Waals surface area contributed by atoms with Crippen LogP contribution in [0.25, 0.3) is 0 Å². The summed E-state index contributed by atoms with van der Waals surface area (Å²) in [6, 6.07) is 1.50. The standard InChI is InChI=1S/C8H11N5O/c1-3-5(2)14-7-4-6(13-10)11-8(9)12-7/h1,4-5H,10H2,2H3,(H3,9,11,12,13). The number of anilines is 2. The number of terminal acetylenes is 1. The van der Waals surface area contributed by atoms with E-state index in [4.69, 9.17) is 22.7 Å². The number of nitrogens with two attached hydrogens (primary N) is 2. The maximum atomic E-state index is 5.40. The van der Waals surface area contributed by atoms with Gasteiger partial charge in [-0.3, -0.25) is 0 Å². The first kappa shape index (κ1) is 10.1. The van der Waals surface area contributed by atoms with Gasteiger partial charge in [-0.05, 0) is 6.92 Å². The van der Waals surface area contributed by atoms with E-state index in [-0.39, 0.29) is 17.9 Å². The van der Waals surface area contributed by atoms with E-state index >= 15 is 0 Å². The lowest BCUT2D eigenvalue weighted by Crippen LogP contribution is -2.13.